The van der Waals surface area contributed by atoms with E-state index >= 15 is 0 Å². The van der Waals surface area contributed by atoms with Crippen molar-refractivity contribution in [2.45, 2.75) is 12.5 Å². The summed E-state index contributed by atoms with van der Waals surface area (Å²) in [6.07, 6.45) is 0.853. The lowest BCUT2D eigenvalue weighted by molar-refractivity contribution is -0.138. The first-order chi connectivity index (χ1) is 7.59. The second-order valence-corrected chi connectivity index (χ2v) is 4.44. The van der Waals surface area contributed by atoms with Gasteiger partial charge in [0.15, 0.2) is 0 Å². The van der Waals surface area contributed by atoms with E-state index in [-0.39, 0.29) is 0 Å². The van der Waals surface area contributed by atoms with Crippen LogP contribution in [0.3, 0.4) is 0 Å². The molecule has 1 aromatic carbocycles. The third-order valence-corrected chi connectivity index (χ3v) is 2.65. The van der Waals surface area contributed by atoms with Crippen molar-refractivity contribution in [1.82, 2.24) is 5.32 Å². The highest BCUT2D eigenvalue weighted by atomic mass is 79.9. The average molecular weight is 287 g/mol. The standard InChI is InChI=1S/C11H15BrN2O2/c12-9-3-1-2-8(6-9)4-5-14-7-10(13)11(15)16/h1-3,6,10,14H,4-5,7,13H2,(H,15,16). The van der Waals surface area contributed by atoms with E-state index in [1.807, 2.05) is 24.3 Å². The van der Waals surface area contributed by atoms with E-state index in [2.05, 4.69) is 21.2 Å². The highest BCUT2D eigenvalue weighted by molar-refractivity contribution is 9.10. The number of halogens is 1. The van der Waals surface area contributed by atoms with Crippen LogP contribution in [0.15, 0.2) is 28.7 Å². The maximum atomic E-state index is 10.4. The van der Waals surface area contributed by atoms with Gasteiger partial charge in [0.05, 0.1) is 0 Å². The lowest BCUT2D eigenvalue weighted by Gasteiger charge is -2.08. The van der Waals surface area contributed by atoms with E-state index in [0.717, 1.165) is 17.4 Å². The van der Waals surface area contributed by atoms with E-state index in [4.69, 9.17) is 10.8 Å². The van der Waals surface area contributed by atoms with Crippen LogP contribution in [0.4, 0.5) is 0 Å². The van der Waals surface area contributed by atoms with E-state index in [1.54, 1.807) is 0 Å². The molecule has 0 aliphatic rings. The van der Waals surface area contributed by atoms with Gasteiger partial charge in [-0.25, -0.2) is 0 Å². The Labute approximate surface area is 103 Å². The minimum Gasteiger partial charge on any atom is -0.480 e. The molecule has 0 saturated heterocycles. The highest BCUT2D eigenvalue weighted by Gasteiger charge is 2.09. The second-order valence-electron chi connectivity index (χ2n) is 3.53. The molecule has 0 aromatic heterocycles. The Balaban J connectivity index is 2.23. The molecule has 1 atom stereocenters. The van der Waals surface area contributed by atoms with Crippen LogP contribution in [0.1, 0.15) is 5.56 Å². The number of carboxylic acid groups (broad SMARTS) is 1. The topological polar surface area (TPSA) is 75.3 Å². The highest BCUT2D eigenvalue weighted by Crippen LogP contribution is 2.11. The summed E-state index contributed by atoms with van der Waals surface area (Å²) in [6.45, 7) is 1.01. The van der Waals surface area contributed by atoms with Gasteiger partial charge in [0.2, 0.25) is 0 Å². The van der Waals surface area contributed by atoms with Crippen LogP contribution in [0.2, 0.25) is 0 Å². The molecular formula is C11H15BrN2O2. The number of aliphatic carboxylic acids is 1. The summed E-state index contributed by atoms with van der Waals surface area (Å²) >= 11 is 3.40. The predicted octanol–water partition coefficient (Wildman–Crippen LogP) is 0.993. The van der Waals surface area contributed by atoms with Gasteiger partial charge in [-0.15, -0.1) is 0 Å². The van der Waals surface area contributed by atoms with Gasteiger partial charge in [0.25, 0.3) is 0 Å². The quantitative estimate of drug-likeness (QED) is 0.682. The number of hydrogen-bond donors (Lipinski definition) is 3. The molecule has 0 amide bonds. The minimum absolute atomic E-state index is 0.295. The molecule has 0 saturated carbocycles. The zero-order valence-corrected chi connectivity index (χ0v) is 10.4. The number of carboxylic acids is 1. The van der Waals surface area contributed by atoms with Gasteiger partial charge in [-0.3, -0.25) is 4.79 Å². The fourth-order valence-electron chi connectivity index (χ4n) is 1.27. The van der Waals surface area contributed by atoms with Gasteiger partial charge in [0, 0.05) is 11.0 Å². The SMILES string of the molecule is NC(CNCCc1cccc(Br)c1)C(=O)O. The lowest BCUT2D eigenvalue weighted by atomic mass is 10.1. The van der Waals surface area contributed by atoms with Gasteiger partial charge in [0.1, 0.15) is 6.04 Å². The van der Waals surface area contributed by atoms with Gasteiger partial charge >= 0.3 is 5.97 Å². The van der Waals surface area contributed by atoms with E-state index in [1.165, 1.54) is 5.56 Å². The van der Waals surface area contributed by atoms with E-state index < -0.39 is 12.0 Å². The smallest absolute Gasteiger partial charge is 0.321 e. The molecule has 1 unspecified atom stereocenters. The summed E-state index contributed by atoms with van der Waals surface area (Å²) < 4.78 is 1.05. The molecular weight excluding hydrogens is 272 g/mol. The summed E-state index contributed by atoms with van der Waals surface area (Å²) in [6, 6.07) is 7.18. The van der Waals surface area contributed by atoms with Crippen LogP contribution < -0.4 is 11.1 Å². The Hall–Kier alpha value is -0.910. The molecule has 0 aliphatic heterocycles. The first kappa shape index (κ1) is 13.2. The predicted molar refractivity (Wildman–Crippen MR) is 66.3 cm³/mol. The van der Waals surface area contributed by atoms with Crippen LogP contribution in [0.25, 0.3) is 0 Å². The number of nitrogens with one attached hydrogen (secondary N) is 1. The molecule has 4 N–H and O–H groups in total. The maximum Gasteiger partial charge on any atom is 0.321 e. The Kier molecular flexibility index (Phi) is 5.45. The molecule has 0 aliphatic carbocycles. The van der Waals surface area contributed by atoms with Crippen molar-refractivity contribution < 1.29 is 9.90 Å². The summed E-state index contributed by atoms with van der Waals surface area (Å²) in [5.41, 5.74) is 6.55. The minimum atomic E-state index is -0.977. The number of nitrogens with two attached hydrogens (primary N) is 1. The largest absolute Gasteiger partial charge is 0.480 e. The number of benzene rings is 1. The molecule has 88 valence electrons. The molecule has 0 heterocycles. The van der Waals surface area contributed by atoms with Crippen LogP contribution in [-0.4, -0.2) is 30.2 Å². The molecule has 0 bridgehead atoms. The monoisotopic (exact) mass is 286 g/mol. The number of rotatable bonds is 6. The zero-order chi connectivity index (χ0) is 12.0. The molecule has 4 nitrogen and oxygen atoms in total. The van der Waals surface area contributed by atoms with Gasteiger partial charge in [-0.05, 0) is 30.7 Å². The summed E-state index contributed by atoms with van der Waals surface area (Å²) in [7, 11) is 0. The first-order valence-corrected chi connectivity index (χ1v) is 5.82. The maximum absolute atomic E-state index is 10.4. The molecule has 1 rings (SSSR count). The fourth-order valence-corrected chi connectivity index (χ4v) is 1.72. The number of hydrogen-bond acceptors (Lipinski definition) is 3. The van der Waals surface area contributed by atoms with Gasteiger partial charge in [-0.1, -0.05) is 28.1 Å². The van der Waals surface area contributed by atoms with Crippen molar-refractivity contribution in [2.75, 3.05) is 13.1 Å². The third-order valence-electron chi connectivity index (χ3n) is 2.16. The Morgan fingerprint density at radius 1 is 1.56 bits per heavy atom. The molecule has 5 heteroatoms. The summed E-state index contributed by atoms with van der Waals surface area (Å²) in [4.78, 5) is 10.4. The lowest BCUT2D eigenvalue weighted by Crippen LogP contribution is -2.40. The van der Waals surface area contributed by atoms with Crippen molar-refractivity contribution in [3.63, 3.8) is 0 Å². The van der Waals surface area contributed by atoms with Crippen molar-refractivity contribution in [3.05, 3.63) is 34.3 Å². The van der Waals surface area contributed by atoms with Gasteiger partial charge in [-0.2, -0.15) is 0 Å². The van der Waals surface area contributed by atoms with Crippen LogP contribution >= 0.6 is 15.9 Å². The van der Waals surface area contributed by atoms with Crippen molar-refractivity contribution >= 4 is 21.9 Å². The Morgan fingerprint density at radius 3 is 2.94 bits per heavy atom. The normalized spacial score (nSPS) is 12.4. The zero-order valence-electron chi connectivity index (χ0n) is 8.82. The third kappa shape index (κ3) is 4.74. The molecule has 1 aromatic rings. The van der Waals surface area contributed by atoms with Crippen LogP contribution in [0, 0.1) is 0 Å². The van der Waals surface area contributed by atoms with Crippen molar-refractivity contribution in [2.24, 2.45) is 5.73 Å². The molecule has 0 fully saturated rings. The molecule has 16 heavy (non-hydrogen) atoms. The summed E-state index contributed by atoms with van der Waals surface area (Å²) in [5, 5.41) is 11.6. The van der Waals surface area contributed by atoms with Crippen molar-refractivity contribution in [3.8, 4) is 0 Å². The van der Waals surface area contributed by atoms with Gasteiger partial charge < -0.3 is 16.2 Å². The fraction of sp³-hybridized carbons (Fsp3) is 0.364. The molecule has 0 spiro atoms. The average Bonchev–Trinajstić information content (AvgIpc) is 2.24. The Morgan fingerprint density at radius 2 is 2.31 bits per heavy atom. The first-order valence-electron chi connectivity index (χ1n) is 5.03. The second kappa shape index (κ2) is 6.62. The van der Waals surface area contributed by atoms with Crippen LogP contribution in [0.5, 0.6) is 0 Å². The van der Waals surface area contributed by atoms with E-state index in [0.29, 0.717) is 6.54 Å². The number of carbonyl (C=O) groups is 1. The molecule has 0 radical (unpaired) electrons. The van der Waals surface area contributed by atoms with Crippen LogP contribution in [-0.2, 0) is 11.2 Å². The summed E-state index contributed by atoms with van der Waals surface area (Å²) in [5.74, 6) is -0.977. The van der Waals surface area contributed by atoms with Crippen molar-refractivity contribution in [1.29, 1.82) is 0 Å². The Bertz CT molecular complexity index is 358. The van der Waals surface area contributed by atoms with E-state index in [9.17, 15) is 4.79 Å².